The van der Waals surface area contributed by atoms with E-state index < -0.39 is 5.97 Å². The van der Waals surface area contributed by atoms with Crippen LogP contribution in [0.5, 0.6) is 0 Å². The van der Waals surface area contributed by atoms with Crippen molar-refractivity contribution in [3.05, 3.63) is 23.7 Å². The molecule has 88 valence electrons. The van der Waals surface area contributed by atoms with Gasteiger partial charge in [-0.1, -0.05) is 0 Å². The summed E-state index contributed by atoms with van der Waals surface area (Å²) in [6.45, 7) is 0.504. The highest BCUT2D eigenvalue weighted by molar-refractivity contribution is 7.99. The predicted molar refractivity (Wildman–Crippen MR) is 62.9 cm³/mol. The van der Waals surface area contributed by atoms with E-state index in [4.69, 9.17) is 9.52 Å². The molecule has 0 saturated carbocycles. The van der Waals surface area contributed by atoms with Gasteiger partial charge in [0.15, 0.2) is 0 Å². The van der Waals surface area contributed by atoms with Crippen molar-refractivity contribution >= 4 is 17.7 Å². The Morgan fingerprint density at radius 2 is 2.31 bits per heavy atom. The Morgan fingerprint density at radius 1 is 1.56 bits per heavy atom. The van der Waals surface area contributed by atoms with Crippen molar-refractivity contribution in [3.8, 4) is 0 Å². The monoisotopic (exact) mass is 241 g/mol. The quantitative estimate of drug-likeness (QED) is 0.843. The summed E-state index contributed by atoms with van der Waals surface area (Å²) in [4.78, 5) is 10.8. The highest BCUT2D eigenvalue weighted by Gasteiger charge is 2.16. The summed E-state index contributed by atoms with van der Waals surface area (Å²) in [5.41, 5.74) is 0.262. The van der Waals surface area contributed by atoms with E-state index in [-0.39, 0.29) is 5.56 Å². The molecule has 2 N–H and O–H groups in total. The van der Waals surface area contributed by atoms with Gasteiger partial charge in [0, 0.05) is 6.04 Å². The van der Waals surface area contributed by atoms with Gasteiger partial charge in [0.25, 0.3) is 0 Å². The third kappa shape index (κ3) is 2.80. The van der Waals surface area contributed by atoms with Gasteiger partial charge in [-0.3, -0.25) is 0 Å². The lowest BCUT2D eigenvalue weighted by molar-refractivity contribution is 0.0694. The zero-order valence-electron chi connectivity index (χ0n) is 8.94. The topological polar surface area (TPSA) is 62.5 Å². The Hall–Kier alpha value is -0.940. The van der Waals surface area contributed by atoms with E-state index in [0.29, 0.717) is 18.3 Å². The Balaban J connectivity index is 1.88. The van der Waals surface area contributed by atoms with Gasteiger partial charge in [-0.2, -0.15) is 11.8 Å². The maximum Gasteiger partial charge on any atom is 0.339 e. The zero-order valence-corrected chi connectivity index (χ0v) is 9.76. The molecule has 0 aliphatic carbocycles. The molecule has 1 aromatic rings. The maximum atomic E-state index is 10.8. The van der Waals surface area contributed by atoms with Crippen LogP contribution >= 0.6 is 11.8 Å². The molecular weight excluding hydrogens is 226 g/mol. The first-order valence-corrected chi connectivity index (χ1v) is 6.53. The van der Waals surface area contributed by atoms with Crippen molar-refractivity contribution in [2.75, 3.05) is 11.5 Å². The number of rotatable bonds is 4. The normalized spacial score (nSPS) is 17.5. The van der Waals surface area contributed by atoms with E-state index in [1.807, 2.05) is 11.8 Å². The van der Waals surface area contributed by atoms with Crippen molar-refractivity contribution in [2.45, 2.75) is 25.4 Å². The number of thioether (sulfide) groups is 1. The lowest BCUT2D eigenvalue weighted by Crippen LogP contribution is -2.32. The number of furan rings is 1. The molecule has 0 amide bonds. The largest absolute Gasteiger partial charge is 0.478 e. The number of hydrogen-bond acceptors (Lipinski definition) is 4. The van der Waals surface area contributed by atoms with Crippen LogP contribution < -0.4 is 5.32 Å². The number of carboxylic acid groups (broad SMARTS) is 1. The molecule has 4 nitrogen and oxygen atoms in total. The van der Waals surface area contributed by atoms with Gasteiger partial charge < -0.3 is 14.8 Å². The van der Waals surface area contributed by atoms with Crippen LogP contribution in [0.1, 0.15) is 29.0 Å². The summed E-state index contributed by atoms with van der Waals surface area (Å²) in [5.74, 6) is 1.96. The SMILES string of the molecule is O=C(O)c1ccoc1CNC1CCSCC1. The molecule has 1 aliphatic rings. The Labute approximate surface area is 98.4 Å². The Bertz CT molecular complexity index is 358. The Morgan fingerprint density at radius 3 is 3.00 bits per heavy atom. The van der Waals surface area contributed by atoms with Crippen LogP contribution in [0.25, 0.3) is 0 Å². The summed E-state index contributed by atoms with van der Waals surface area (Å²) in [7, 11) is 0. The minimum Gasteiger partial charge on any atom is -0.478 e. The van der Waals surface area contributed by atoms with Crippen molar-refractivity contribution < 1.29 is 14.3 Å². The van der Waals surface area contributed by atoms with Gasteiger partial charge in [0.05, 0.1) is 12.8 Å². The summed E-state index contributed by atoms with van der Waals surface area (Å²) >= 11 is 1.97. The van der Waals surface area contributed by atoms with Gasteiger partial charge in [0.2, 0.25) is 0 Å². The second kappa shape index (κ2) is 5.41. The van der Waals surface area contributed by atoms with Gasteiger partial charge >= 0.3 is 5.97 Å². The first-order chi connectivity index (χ1) is 7.77. The first-order valence-electron chi connectivity index (χ1n) is 5.38. The summed E-state index contributed by atoms with van der Waals surface area (Å²) < 4.78 is 5.17. The number of nitrogens with one attached hydrogen (secondary N) is 1. The fourth-order valence-electron chi connectivity index (χ4n) is 1.81. The molecule has 0 unspecified atom stereocenters. The number of carboxylic acids is 1. The smallest absolute Gasteiger partial charge is 0.339 e. The lowest BCUT2D eigenvalue weighted by Gasteiger charge is -2.22. The first kappa shape index (κ1) is 11.5. The van der Waals surface area contributed by atoms with E-state index in [9.17, 15) is 4.79 Å². The fourth-order valence-corrected chi connectivity index (χ4v) is 2.91. The van der Waals surface area contributed by atoms with E-state index in [1.165, 1.54) is 23.8 Å². The van der Waals surface area contributed by atoms with Gasteiger partial charge in [0.1, 0.15) is 11.3 Å². The summed E-state index contributed by atoms with van der Waals surface area (Å²) in [6, 6.07) is 1.99. The third-order valence-corrected chi connectivity index (χ3v) is 3.80. The van der Waals surface area contributed by atoms with Gasteiger partial charge in [-0.15, -0.1) is 0 Å². The third-order valence-electron chi connectivity index (χ3n) is 2.75. The predicted octanol–water partition coefficient (Wildman–Crippen LogP) is 1.96. The van der Waals surface area contributed by atoms with Crippen LogP contribution in [-0.4, -0.2) is 28.6 Å². The molecule has 0 bridgehead atoms. The molecule has 1 saturated heterocycles. The van der Waals surface area contributed by atoms with E-state index in [0.717, 1.165) is 12.8 Å². The van der Waals surface area contributed by atoms with E-state index in [1.54, 1.807) is 0 Å². The second-order valence-corrected chi connectivity index (χ2v) is 5.05. The highest BCUT2D eigenvalue weighted by atomic mass is 32.2. The minimum atomic E-state index is -0.926. The summed E-state index contributed by atoms with van der Waals surface area (Å²) in [6.07, 6.45) is 3.72. The summed E-state index contributed by atoms with van der Waals surface area (Å²) in [5, 5.41) is 12.2. The Kier molecular flexibility index (Phi) is 3.90. The molecule has 16 heavy (non-hydrogen) atoms. The molecule has 5 heteroatoms. The molecular formula is C11H15NO3S. The molecule has 2 heterocycles. The van der Waals surface area contributed by atoms with Crippen LogP contribution in [0.4, 0.5) is 0 Å². The lowest BCUT2D eigenvalue weighted by atomic mass is 10.1. The molecule has 1 aliphatic heterocycles. The second-order valence-electron chi connectivity index (χ2n) is 3.83. The molecule has 0 atom stereocenters. The fraction of sp³-hybridized carbons (Fsp3) is 0.545. The minimum absolute atomic E-state index is 0.262. The van der Waals surface area contributed by atoms with Crippen molar-refractivity contribution in [2.24, 2.45) is 0 Å². The van der Waals surface area contributed by atoms with Crippen molar-refractivity contribution in [1.29, 1.82) is 0 Å². The van der Waals surface area contributed by atoms with E-state index in [2.05, 4.69) is 5.32 Å². The van der Waals surface area contributed by atoms with Crippen molar-refractivity contribution in [3.63, 3.8) is 0 Å². The standard InChI is InChI=1S/C11H15NO3S/c13-11(14)9-1-4-15-10(9)7-12-8-2-5-16-6-3-8/h1,4,8,12H,2-3,5-7H2,(H,13,14). The molecule has 1 aromatic heterocycles. The highest BCUT2D eigenvalue weighted by Crippen LogP contribution is 2.18. The van der Waals surface area contributed by atoms with Crippen molar-refractivity contribution in [1.82, 2.24) is 5.32 Å². The molecule has 1 fully saturated rings. The molecule has 2 rings (SSSR count). The van der Waals surface area contributed by atoms with Crippen LogP contribution in [0.15, 0.2) is 16.7 Å². The number of aromatic carboxylic acids is 1. The van der Waals surface area contributed by atoms with Crippen LogP contribution in [-0.2, 0) is 6.54 Å². The number of hydrogen-bond donors (Lipinski definition) is 2. The maximum absolute atomic E-state index is 10.8. The van der Waals surface area contributed by atoms with Gasteiger partial charge in [-0.05, 0) is 30.4 Å². The van der Waals surface area contributed by atoms with E-state index >= 15 is 0 Å². The molecule has 0 aromatic carbocycles. The average Bonchev–Trinajstić information content (AvgIpc) is 2.76. The van der Waals surface area contributed by atoms with Crippen LogP contribution in [0, 0.1) is 0 Å². The number of carbonyl (C=O) groups is 1. The molecule has 0 spiro atoms. The van der Waals surface area contributed by atoms with Crippen LogP contribution in [0.3, 0.4) is 0 Å². The molecule has 0 radical (unpaired) electrons. The average molecular weight is 241 g/mol. The van der Waals surface area contributed by atoms with Gasteiger partial charge in [-0.25, -0.2) is 4.79 Å². The van der Waals surface area contributed by atoms with Crippen LogP contribution in [0.2, 0.25) is 0 Å². The zero-order chi connectivity index (χ0) is 11.4.